The SMILES string of the molecule is C=CCOCC(=C)C(=O)OC(C)(C(F)(F)F)C(F)(F)F. The molecule has 20 heavy (non-hydrogen) atoms. The second-order valence-corrected chi connectivity index (χ2v) is 3.83. The lowest BCUT2D eigenvalue weighted by Crippen LogP contribution is -2.57. The first-order valence-corrected chi connectivity index (χ1v) is 5.10. The fraction of sp³-hybridized carbons (Fsp3) is 0.545. The Morgan fingerprint density at radius 1 is 1.15 bits per heavy atom. The Bertz CT molecular complexity index is 369. The fourth-order valence-electron chi connectivity index (χ4n) is 0.858. The molecule has 0 N–H and O–H groups in total. The average molecular weight is 306 g/mol. The van der Waals surface area contributed by atoms with Crippen molar-refractivity contribution in [2.45, 2.75) is 24.9 Å². The zero-order valence-electron chi connectivity index (χ0n) is 10.4. The zero-order chi connectivity index (χ0) is 16.2. The zero-order valence-corrected chi connectivity index (χ0v) is 10.4. The standard InChI is InChI=1S/C11H12F6O3/c1-4-5-19-6-7(2)8(18)20-9(3,10(12,13)14)11(15,16)17/h4H,1-2,5-6H2,3H3. The van der Waals surface area contributed by atoms with Crippen LogP contribution < -0.4 is 0 Å². The van der Waals surface area contributed by atoms with Gasteiger partial charge in [0, 0.05) is 0 Å². The van der Waals surface area contributed by atoms with Gasteiger partial charge in [0.1, 0.15) is 0 Å². The number of esters is 1. The van der Waals surface area contributed by atoms with E-state index in [0.29, 0.717) is 0 Å². The first kappa shape index (κ1) is 18.5. The van der Waals surface area contributed by atoms with E-state index in [-0.39, 0.29) is 13.5 Å². The largest absolute Gasteiger partial charge is 0.437 e. The lowest BCUT2D eigenvalue weighted by molar-refractivity contribution is -0.362. The molecule has 0 aliphatic carbocycles. The predicted molar refractivity (Wildman–Crippen MR) is 56.8 cm³/mol. The van der Waals surface area contributed by atoms with Crippen LogP contribution in [0.25, 0.3) is 0 Å². The molecule has 9 heteroatoms. The van der Waals surface area contributed by atoms with Crippen LogP contribution in [0.2, 0.25) is 0 Å². The van der Waals surface area contributed by atoms with Crippen LogP contribution in [-0.4, -0.2) is 37.1 Å². The van der Waals surface area contributed by atoms with E-state index in [0.717, 1.165) is 0 Å². The van der Waals surface area contributed by atoms with Crippen molar-refractivity contribution < 1.29 is 40.6 Å². The molecule has 0 aliphatic rings. The lowest BCUT2D eigenvalue weighted by atomic mass is 10.1. The van der Waals surface area contributed by atoms with Gasteiger partial charge in [-0.25, -0.2) is 4.79 Å². The van der Waals surface area contributed by atoms with Gasteiger partial charge in [0.2, 0.25) is 0 Å². The number of carbonyl (C=O) groups is 1. The van der Waals surface area contributed by atoms with Crippen LogP contribution in [0.4, 0.5) is 26.3 Å². The smallest absolute Gasteiger partial charge is 0.436 e. The second-order valence-electron chi connectivity index (χ2n) is 3.83. The number of hydrogen-bond acceptors (Lipinski definition) is 3. The van der Waals surface area contributed by atoms with Gasteiger partial charge in [-0.15, -0.1) is 6.58 Å². The van der Waals surface area contributed by atoms with Gasteiger partial charge in [0.15, 0.2) is 0 Å². The van der Waals surface area contributed by atoms with Gasteiger partial charge in [0.25, 0.3) is 5.60 Å². The molecule has 0 unspecified atom stereocenters. The molecule has 0 bridgehead atoms. The summed E-state index contributed by atoms with van der Waals surface area (Å²) in [6, 6.07) is 0. The molecule has 0 amide bonds. The molecule has 116 valence electrons. The monoisotopic (exact) mass is 306 g/mol. The molecule has 0 aromatic carbocycles. The van der Waals surface area contributed by atoms with Gasteiger partial charge >= 0.3 is 18.3 Å². The minimum Gasteiger partial charge on any atom is -0.436 e. The molecule has 0 saturated carbocycles. The molecule has 0 saturated heterocycles. The summed E-state index contributed by atoms with van der Waals surface area (Å²) in [7, 11) is 0. The predicted octanol–water partition coefficient (Wildman–Crippen LogP) is 3.17. The summed E-state index contributed by atoms with van der Waals surface area (Å²) < 4.78 is 83.0. The maximum atomic E-state index is 12.5. The Hall–Kier alpha value is -1.51. The second kappa shape index (κ2) is 6.29. The van der Waals surface area contributed by atoms with Gasteiger partial charge in [-0.05, 0) is 6.92 Å². The van der Waals surface area contributed by atoms with E-state index in [1.807, 2.05) is 0 Å². The van der Waals surface area contributed by atoms with Gasteiger partial charge in [-0.2, -0.15) is 26.3 Å². The summed E-state index contributed by atoms with van der Waals surface area (Å²) in [6.45, 7) is 5.36. The van der Waals surface area contributed by atoms with Crippen molar-refractivity contribution in [3.63, 3.8) is 0 Å². The van der Waals surface area contributed by atoms with Gasteiger partial charge in [-0.1, -0.05) is 12.7 Å². The van der Waals surface area contributed by atoms with Crippen LogP contribution in [0, 0.1) is 0 Å². The Morgan fingerprint density at radius 3 is 1.95 bits per heavy atom. The molecule has 0 aromatic heterocycles. The van der Waals surface area contributed by atoms with Crippen LogP contribution in [0.15, 0.2) is 24.8 Å². The van der Waals surface area contributed by atoms with E-state index in [4.69, 9.17) is 0 Å². The Morgan fingerprint density at radius 2 is 1.60 bits per heavy atom. The highest BCUT2D eigenvalue weighted by Crippen LogP contribution is 2.45. The Balaban J connectivity index is 4.99. The third kappa shape index (κ3) is 4.26. The maximum absolute atomic E-state index is 12.5. The van der Waals surface area contributed by atoms with Crippen molar-refractivity contribution in [1.29, 1.82) is 0 Å². The van der Waals surface area contributed by atoms with Crippen LogP contribution in [0.1, 0.15) is 6.92 Å². The molecule has 0 rings (SSSR count). The summed E-state index contributed by atoms with van der Waals surface area (Å²) >= 11 is 0. The molecule has 0 heterocycles. The Labute approximate surface area is 110 Å². The normalized spacial score (nSPS) is 12.9. The molecular weight excluding hydrogens is 294 g/mol. The van der Waals surface area contributed by atoms with Crippen LogP contribution in [-0.2, 0) is 14.3 Å². The van der Waals surface area contributed by atoms with E-state index >= 15 is 0 Å². The quantitative estimate of drug-likeness (QED) is 0.249. The minimum atomic E-state index is -5.82. The molecule has 3 nitrogen and oxygen atoms in total. The number of rotatable bonds is 6. The van der Waals surface area contributed by atoms with Crippen LogP contribution in [0.5, 0.6) is 0 Å². The summed E-state index contributed by atoms with van der Waals surface area (Å²) in [5.41, 5.74) is -5.29. The average Bonchev–Trinajstić information content (AvgIpc) is 2.25. The van der Waals surface area contributed by atoms with Gasteiger partial charge in [-0.3, -0.25) is 0 Å². The summed E-state index contributed by atoms with van der Waals surface area (Å²) in [4.78, 5) is 11.2. The lowest BCUT2D eigenvalue weighted by Gasteiger charge is -2.33. The molecular formula is C11H12F6O3. The van der Waals surface area contributed by atoms with E-state index in [1.165, 1.54) is 6.08 Å². The topological polar surface area (TPSA) is 35.5 Å². The summed E-state index contributed by atoms with van der Waals surface area (Å²) in [5, 5.41) is 0. The highest BCUT2D eigenvalue weighted by atomic mass is 19.4. The van der Waals surface area contributed by atoms with E-state index < -0.39 is 36.1 Å². The third-order valence-corrected chi connectivity index (χ3v) is 2.18. The molecule has 0 aliphatic heterocycles. The highest BCUT2D eigenvalue weighted by Gasteiger charge is 2.71. The minimum absolute atomic E-state index is 0.0535. The first-order valence-electron chi connectivity index (χ1n) is 5.10. The van der Waals surface area contributed by atoms with Gasteiger partial charge in [0.05, 0.1) is 18.8 Å². The van der Waals surface area contributed by atoms with Crippen molar-refractivity contribution in [1.82, 2.24) is 0 Å². The molecule has 0 aromatic rings. The highest BCUT2D eigenvalue weighted by molar-refractivity contribution is 5.88. The van der Waals surface area contributed by atoms with E-state index in [2.05, 4.69) is 22.6 Å². The summed E-state index contributed by atoms with van der Waals surface area (Å²) in [6.07, 6.45) is -10.4. The van der Waals surface area contributed by atoms with Crippen molar-refractivity contribution >= 4 is 5.97 Å². The van der Waals surface area contributed by atoms with Crippen molar-refractivity contribution in [2.24, 2.45) is 0 Å². The molecule has 0 atom stereocenters. The molecule has 0 radical (unpaired) electrons. The fourth-order valence-corrected chi connectivity index (χ4v) is 0.858. The molecule has 0 fully saturated rings. The Kier molecular flexibility index (Phi) is 5.82. The van der Waals surface area contributed by atoms with E-state index in [9.17, 15) is 31.1 Å². The van der Waals surface area contributed by atoms with Crippen molar-refractivity contribution in [2.75, 3.05) is 13.2 Å². The number of halogens is 6. The number of carbonyl (C=O) groups excluding carboxylic acids is 1. The molecule has 0 spiro atoms. The van der Waals surface area contributed by atoms with Crippen molar-refractivity contribution in [3.05, 3.63) is 24.8 Å². The van der Waals surface area contributed by atoms with Crippen molar-refractivity contribution in [3.8, 4) is 0 Å². The first-order chi connectivity index (χ1) is 8.87. The van der Waals surface area contributed by atoms with E-state index in [1.54, 1.807) is 0 Å². The number of hydrogen-bond donors (Lipinski definition) is 0. The van der Waals surface area contributed by atoms with Crippen LogP contribution in [0.3, 0.4) is 0 Å². The maximum Gasteiger partial charge on any atom is 0.437 e. The number of ether oxygens (including phenoxy) is 2. The number of alkyl halides is 6. The third-order valence-electron chi connectivity index (χ3n) is 2.18. The van der Waals surface area contributed by atoms with Crippen LogP contribution >= 0.6 is 0 Å². The summed E-state index contributed by atoms with van der Waals surface area (Å²) in [5.74, 6) is -1.84. The van der Waals surface area contributed by atoms with Gasteiger partial charge < -0.3 is 9.47 Å².